The molecule has 2 N–H and O–H groups in total. The minimum atomic E-state index is -2.97. The van der Waals surface area contributed by atoms with Crippen LogP contribution >= 0.6 is 23.1 Å². The lowest BCUT2D eigenvalue weighted by atomic mass is 10.3. The molecule has 2 aromatic rings. The van der Waals surface area contributed by atoms with Crippen LogP contribution in [0, 0.1) is 0 Å². The number of ether oxygens (including phenoxy) is 1. The summed E-state index contributed by atoms with van der Waals surface area (Å²) in [4.78, 5) is 12.3. The minimum absolute atomic E-state index is 0.0881. The van der Waals surface area contributed by atoms with Gasteiger partial charge in [-0.15, -0.1) is 16.8 Å². The molecule has 1 atom stereocenters. The summed E-state index contributed by atoms with van der Waals surface area (Å²) in [7, 11) is 0. The normalized spacial score (nSPS) is 11.8. The highest BCUT2D eigenvalue weighted by Gasteiger charge is 2.19. The van der Waals surface area contributed by atoms with Gasteiger partial charge in [0.05, 0.1) is 10.9 Å². The molecule has 1 amide bonds. The molecule has 1 heterocycles. The number of nitrogens with one attached hydrogen (secondary N) is 2. The highest BCUT2D eigenvalue weighted by molar-refractivity contribution is 8.02. The second kappa shape index (κ2) is 9.33. The van der Waals surface area contributed by atoms with E-state index >= 15 is 0 Å². The fourth-order valence-corrected chi connectivity index (χ4v) is 3.60. The predicted molar refractivity (Wildman–Crippen MR) is 95.6 cm³/mol. The maximum atomic E-state index is 12.4. The highest BCUT2D eigenvalue weighted by atomic mass is 32.2. The third-order valence-electron chi connectivity index (χ3n) is 2.81. The van der Waals surface area contributed by atoms with E-state index in [1.807, 2.05) is 0 Å². The van der Waals surface area contributed by atoms with Crippen LogP contribution in [0.1, 0.15) is 6.92 Å². The van der Waals surface area contributed by atoms with E-state index in [4.69, 9.17) is 0 Å². The molecule has 0 saturated carbocycles. The summed E-state index contributed by atoms with van der Waals surface area (Å²) < 4.78 is 29.8. The SMILES string of the molecule is C=CCNc1nnc(SC(C)C(=O)Nc2ccccc2OC(F)F)s1. The van der Waals surface area contributed by atoms with E-state index in [1.165, 1.54) is 35.2 Å². The Bertz CT molecular complexity index is 727. The Morgan fingerprint density at radius 2 is 2.20 bits per heavy atom. The van der Waals surface area contributed by atoms with Crippen LogP contribution in [0.5, 0.6) is 5.75 Å². The van der Waals surface area contributed by atoms with Gasteiger partial charge in [0.15, 0.2) is 4.34 Å². The van der Waals surface area contributed by atoms with Crippen LogP contribution in [0.15, 0.2) is 41.3 Å². The van der Waals surface area contributed by atoms with Gasteiger partial charge in [0.25, 0.3) is 0 Å². The number of amides is 1. The number of aromatic nitrogens is 2. The Labute approximate surface area is 151 Å². The Hall–Kier alpha value is -2.20. The number of anilines is 2. The van der Waals surface area contributed by atoms with Crippen molar-refractivity contribution in [3.05, 3.63) is 36.9 Å². The summed E-state index contributed by atoms with van der Waals surface area (Å²) in [6.07, 6.45) is 1.70. The second-order valence-corrected chi connectivity index (χ2v) is 7.23. The lowest BCUT2D eigenvalue weighted by Crippen LogP contribution is -2.23. The third-order valence-corrected chi connectivity index (χ3v) is 4.88. The quantitative estimate of drug-likeness (QED) is 0.504. The molecule has 2 rings (SSSR count). The van der Waals surface area contributed by atoms with Crippen molar-refractivity contribution < 1.29 is 18.3 Å². The summed E-state index contributed by atoms with van der Waals surface area (Å²) in [5, 5.41) is 13.7. The van der Waals surface area contributed by atoms with E-state index in [1.54, 1.807) is 25.1 Å². The number of carbonyl (C=O) groups excluding carboxylic acids is 1. The van der Waals surface area contributed by atoms with Gasteiger partial charge in [0.2, 0.25) is 11.0 Å². The molecule has 1 unspecified atom stereocenters. The zero-order valence-corrected chi connectivity index (χ0v) is 14.9. The van der Waals surface area contributed by atoms with E-state index in [2.05, 4.69) is 32.1 Å². The molecule has 0 bridgehead atoms. The average molecular weight is 386 g/mol. The Kier molecular flexibility index (Phi) is 7.14. The van der Waals surface area contributed by atoms with Gasteiger partial charge >= 0.3 is 6.61 Å². The number of hydrogen-bond acceptors (Lipinski definition) is 7. The molecule has 1 aromatic heterocycles. The van der Waals surface area contributed by atoms with Gasteiger partial charge in [-0.2, -0.15) is 8.78 Å². The lowest BCUT2D eigenvalue weighted by Gasteiger charge is -2.14. The molecule has 0 saturated heterocycles. The molecule has 10 heteroatoms. The molecule has 25 heavy (non-hydrogen) atoms. The summed E-state index contributed by atoms with van der Waals surface area (Å²) in [6, 6.07) is 6.02. The standard InChI is InChI=1S/C15H16F2N4O2S2/c1-3-8-18-14-20-21-15(25-14)24-9(2)12(22)19-10-6-4-5-7-11(10)23-13(16)17/h3-7,9,13H,1,8H2,2H3,(H,18,20)(H,19,22). The topological polar surface area (TPSA) is 76.1 Å². The van der Waals surface area contributed by atoms with Crippen molar-refractivity contribution in [3.8, 4) is 5.75 Å². The van der Waals surface area contributed by atoms with Crippen molar-refractivity contribution in [2.45, 2.75) is 23.1 Å². The minimum Gasteiger partial charge on any atom is -0.433 e. The first-order valence-corrected chi connectivity index (χ1v) is 8.89. The van der Waals surface area contributed by atoms with Crippen LogP contribution in [-0.2, 0) is 4.79 Å². The maximum absolute atomic E-state index is 12.4. The van der Waals surface area contributed by atoms with E-state index in [9.17, 15) is 13.6 Å². The van der Waals surface area contributed by atoms with E-state index < -0.39 is 11.9 Å². The summed E-state index contributed by atoms with van der Waals surface area (Å²) in [5.41, 5.74) is 0.186. The molecule has 0 fully saturated rings. The van der Waals surface area contributed by atoms with Gasteiger partial charge in [0.1, 0.15) is 5.75 Å². The number of benzene rings is 1. The van der Waals surface area contributed by atoms with Gasteiger partial charge in [-0.25, -0.2) is 0 Å². The fourth-order valence-electron chi connectivity index (χ4n) is 1.70. The molecular formula is C15H16F2N4O2S2. The first-order chi connectivity index (χ1) is 12.0. The first kappa shape index (κ1) is 19.1. The van der Waals surface area contributed by atoms with Crippen LogP contribution < -0.4 is 15.4 Å². The van der Waals surface area contributed by atoms with Crippen molar-refractivity contribution in [2.24, 2.45) is 0 Å². The molecule has 0 radical (unpaired) electrons. The molecular weight excluding hydrogens is 370 g/mol. The largest absolute Gasteiger partial charge is 0.433 e. The number of thioether (sulfide) groups is 1. The van der Waals surface area contributed by atoms with Crippen molar-refractivity contribution in [3.63, 3.8) is 0 Å². The number of nitrogens with zero attached hydrogens (tertiary/aromatic N) is 2. The molecule has 6 nitrogen and oxygen atoms in total. The van der Waals surface area contributed by atoms with Crippen LogP contribution in [0.4, 0.5) is 19.6 Å². The Morgan fingerprint density at radius 3 is 2.92 bits per heavy atom. The molecule has 0 spiro atoms. The molecule has 0 aliphatic carbocycles. The molecule has 134 valence electrons. The van der Waals surface area contributed by atoms with Gasteiger partial charge in [0, 0.05) is 6.54 Å². The highest BCUT2D eigenvalue weighted by Crippen LogP contribution is 2.31. The summed E-state index contributed by atoms with van der Waals surface area (Å²) >= 11 is 2.54. The van der Waals surface area contributed by atoms with Gasteiger partial charge in [-0.3, -0.25) is 4.79 Å². The van der Waals surface area contributed by atoms with E-state index in [0.717, 1.165) is 0 Å². The van der Waals surface area contributed by atoms with E-state index in [-0.39, 0.29) is 17.3 Å². The number of hydrogen-bond donors (Lipinski definition) is 2. The number of alkyl halides is 2. The fraction of sp³-hybridized carbons (Fsp3) is 0.267. The smallest absolute Gasteiger partial charge is 0.387 e. The number of carbonyl (C=O) groups is 1. The lowest BCUT2D eigenvalue weighted by molar-refractivity contribution is -0.115. The predicted octanol–water partition coefficient (Wildman–Crippen LogP) is 3.86. The first-order valence-electron chi connectivity index (χ1n) is 7.19. The molecule has 0 aliphatic heterocycles. The Morgan fingerprint density at radius 1 is 1.44 bits per heavy atom. The monoisotopic (exact) mass is 386 g/mol. The summed E-state index contributed by atoms with van der Waals surface area (Å²) in [6.45, 7) is 2.89. The van der Waals surface area contributed by atoms with Crippen LogP contribution in [0.3, 0.4) is 0 Å². The number of halogens is 2. The number of para-hydroxylation sites is 2. The summed E-state index contributed by atoms with van der Waals surface area (Å²) in [5.74, 6) is -0.444. The number of rotatable bonds is 9. The molecule has 0 aliphatic rings. The van der Waals surface area contributed by atoms with Crippen LogP contribution in [-0.4, -0.2) is 34.5 Å². The van der Waals surface area contributed by atoms with E-state index in [0.29, 0.717) is 16.0 Å². The van der Waals surface area contributed by atoms with Crippen molar-refractivity contribution in [1.82, 2.24) is 10.2 Å². The van der Waals surface area contributed by atoms with Crippen molar-refractivity contribution in [1.29, 1.82) is 0 Å². The van der Waals surface area contributed by atoms with Gasteiger partial charge < -0.3 is 15.4 Å². The van der Waals surface area contributed by atoms with Crippen LogP contribution in [0.25, 0.3) is 0 Å². The van der Waals surface area contributed by atoms with Crippen molar-refractivity contribution >= 4 is 39.8 Å². The average Bonchev–Trinajstić information content (AvgIpc) is 3.01. The zero-order valence-electron chi connectivity index (χ0n) is 13.2. The van der Waals surface area contributed by atoms with Gasteiger partial charge in [-0.05, 0) is 19.1 Å². The van der Waals surface area contributed by atoms with Crippen LogP contribution in [0.2, 0.25) is 0 Å². The molecule has 1 aromatic carbocycles. The van der Waals surface area contributed by atoms with Gasteiger partial charge in [-0.1, -0.05) is 41.3 Å². The zero-order chi connectivity index (χ0) is 18.2. The third kappa shape index (κ3) is 5.98. The Balaban J connectivity index is 1.96. The maximum Gasteiger partial charge on any atom is 0.387 e. The second-order valence-electron chi connectivity index (χ2n) is 4.67. The van der Waals surface area contributed by atoms with Crippen molar-refractivity contribution in [2.75, 3.05) is 17.2 Å².